The standard InChI is InChI=1S/C18H16N6O3/c25-18(22-14-4-6-15(7-5-14)23-11-19-10-20-23)12-1-8-16(21-13-2-3-13)17(9-12)24(26)27/h1,4-11,13,21H,2-3H2,(H,22,25). The van der Waals surface area contributed by atoms with Gasteiger partial charge in [0.1, 0.15) is 18.3 Å². The number of benzene rings is 2. The Morgan fingerprint density at radius 2 is 1.96 bits per heavy atom. The third kappa shape index (κ3) is 3.76. The largest absolute Gasteiger partial charge is 0.377 e. The average Bonchev–Trinajstić information content (AvgIpc) is 3.31. The first kappa shape index (κ1) is 16.7. The first-order chi connectivity index (χ1) is 13.1. The van der Waals surface area contributed by atoms with Crippen molar-refractivity contribution in [3.05, 3.63) is 70.8 Å². The van der Waals surface area contributed by atoms with Gasteiger partial charge < -0.3 is 10.6 Å². The van der Waals surface area contributed by atoms with Crippen LogP contribution in [0.3, 0.4) is 0 Å². The Balaban J connectivity index is 1.50. The number of rotatable bonds is 6. The molecule has 27 heavy (non-hydrogen) atoms. The van der Waals surface area contributed by atoms with E-state index in [-0.39, 0.29) is 17.3 Å². The average molecular weight is 364 g/mol. The Morgan fingerprint density at radius 1 is 1.19 bits per heavy atom. The number of nitrogens with zero attached hydrogens (tertiary/aromatic N) is 4. The second-order valence-electron chi connectivity index (χ2n) is 6.25. The highest BCUT2D eigenvalue weighted by atomic mass is 16.6. The van der Waals surface area contributed by atoms with E-state index in [0.29, 0.717) is 11.4 Å². The summed E-state index contributed by atoms with van der Waals surface area (Å²) in [4.78, 5) is 27.2. The summed E-state index contributed by atoms with van der Waals surface area (Å²) in [6, 6.07) is 11.8. The Hall–Kier alpha value is -3.75. The maximum Gasteiger partial charge on any atom is 0.293 e. The van der Waals surface area contributed by atoms with Crippen molar-refractivity contribution >= 4 is 23.0 Å². The van der Waals surface area contributed by atoms with Gasteiger partial charge in [0.05, 0.1) is 10.6 Å². The van der Waals surface area contributed by atoms with Crippen LogP contribution in [0.2, 0.25) is 0 Å². The normalized spacial score (nSPS) is 13.2. The van der Waals surface area contributed by atoms with Gasteiger partial charge in [-0.15, -0.1) is 0 Å². The molecule has 0 saturated heterocycles. The van der Waals surface area contributed by atoms with Gasteiger partial charge in [-0.05, 0) is 49.2 Å². The third-order valence-corrected chi connectivity index (χ3v) is 4.20. The summed E-state index contributed by atoms with van der Waals surface area (Å²) in [5, 5.41) is 21.2. The fourth-order valence-electron chi connectivity index (χ4n) is 2.64. The van der Waals surface area contributed by atoms with Crippen LogP contribution in [0.25, 0.3) is 5.69 Å². The lowest BCUT2D eigenvalue weighted by Crippen LogP contribution is -2.13. The van der Waals surface area contributed by atoms with Crippen LogP contribution in [-0.2, 0) is 0 Å². The van der Waals surface area contributed by atoms with Crippen LogP contribution in [0.15, 0.2) is 55.1 Å². The number of amides is 1. The van der Waals surface area contributed by atoms with Crippen LogP contribution < -0.4 is 10.6 Å². The lowest BCUT2D eigenvalue weighted by Gasteiger charge is -2.09. The molecular weight excluding hydrogens is 348 g/mol. The summed E-state index contributed by atoms with van der Waals surface area (Å²) >= 11 is 0. The second-order valence-corrected chi connectivity index (χ2v) is 6.25. The zero-order chi connectivity index (χ0) is 18.8. The Morgan fingerprint density at radius 3 is 2.59 bits per heavy atom. The molecule has 0 bridgehead atoms. The molecular formula is C18H16N6O3. The maximum absolute atomic E-state index is 12.5. The molecule has 0 spiro atoms. The van der Waals surface area contributed by atoms with E-state index in [1.807, 2.05) is 0 Å². The van der Waals surface area contributed by atoms with Gasteiger partial charge in [0, 0.05) is 23.4 Å². The van der Waals surface area contributed by atoms with Crippen LogP contribution >= 0.6 is 0 Å². The van der Waals surface area contributed by atoms with Crippen molar-refractivity contribution in [1.29, 1.82) is 0 Å². The van der Waals surface area contributed by atoms with Gasteiger partial charge in [0.2, 0.25) is 0 Å². The molecule has 1 aromatic heterocycles. The van der Waals surface area contributed by atoms with E-state index in [1.54, 1.807) is 47.4 Å². The Labute approximate surface area is 154 Å². The summed E-state index contributed by atoms with van der Waals surface area (Å²) < 4.78 is 1.60. The van der Waals surface area contributed by atoms with E-state index in [0.717, 1.165) is 18.5 Å². The number of nitrogens with one attached hydrogen (secondary N) is 2. The molecule has 1 fully saturated rings. The number of anilines is 2. The van der Waals surface area contributed by atoms with Crippen LogP contribution in [0.5, 0.6) is 0 Å². The number of hydrogen-bond donors (Lipinski definition) is 2. The molecule has 0 atom stereocenters. The quantitative estimate of drug-likeness (QED) is 0.513. The molecule has 1 aliphatic carbocycles. The molecule has 2 aromatic carbocycles. The zero-order valence-corrected chi connectivity index (χ0v) is 14.2. The van der Waals surface area contributed by atoms with Crippen LogP contribution in [0.4, 0.5) is 17.1 Å². The Kier molecular flexibility index (Phi) is 4.25. The lowest BCUT2D eigenvalue weighted by molar-refractivity contribution is -0.384. The topological polar surface area (TPSA) is 115 Å². The minimum Gasteiger partial charge on any atom is -0.377 e. The first-order valence-corrected chi connectivity index (χ1v) is 8.41. The van der Waals surface area contributed by atoms with Crippen LogP contribution in [-0.4, -0.2) is 31.6 Å². The molecule has 1 saturated carbocycles. The maximum atomic E-state index is 12.5. The minimum atomic E-state index is -0.478. The molecule has 9 heteroatoms. The zero-order valence-electron chi connectivity index (χ0n) is 14.2. The summed E-state index contributed by atoms with van der Waals surface area (Å²) in [6.45, 7) is 0. The van der Waals surface area contributed by atoms with Crippen molar-refractivity contribution in [2.24, 2.45) is 0 Å². The van der Waals surface area contributed by atoms with E-state index < -0.39 is 10.8 Å². The molecule has 0 unspecified atom stereocenters. The molecule has 0 radical (unpaired) electrons. The van der Waals surface area contributed by atoms with Crippen molar-refractivity contribution in [2.45, 2.75) is 18.9 Å². The number of hydrogen-bond acceptors (Lipinski definition) is 6. The van der Waals surface area contributed by atoms with Crippen molar-refractivity contribution in [3.8, 4) is 5.69 Å². The van der Waals surface area contributed by atoms with Crippen LogP contribution in [0, 0.1) is 10.1 Å². The number of nitro groups is 1. The number of nitro benzene ring substituents is 1. The van der Waals surface area contributed by atoms with Crippen molar-refractivity contribution in [3.63, 3.8) is 0 Å². The smallest absolute Gasteiger partial charge is 0.293 e. The number of carbonyl (C=O) groups excluding carboxylic acids is 1. The van der Waals surface area contributed by atoms with Gasteiger partial charge in [0.15, 0.2) is 0 Å². The van der Waals surface area contributed by atoms with Crippen molar-refractivity contribution in [1.82, 2.24) is 14.8 Å². The van der Waals surface area contributed by atoms with E-state index in [9.17, 15) is 14.9 Å². The van der Waals surface area contributed by atoms with E-state index in [4.69, 9.17) is 0 Å². The number of carbonyl (C=O) groups is 1. The van der Waals surface area contributed by atoms with Gasteiger partial charge in [-0.25, -0.2) is 9.67 Å². The third-order valence-electron chi connectivity index (χ3n) is 4.20. The van der Waals surface area contributed by atoms with Gasteiger partial charge in [-0.1, -0.05) is 0 Å². The fourth-order valence-corrected chi connectivity index (χ4v) is 2.64. The summed E-state index contributed by atoms with van der Waals surface area (Å²) in [7, 11) is 0. The molecule has 2 N–H and O–H groups in total. The van der Waals surface area contributed by atoms with Gasteiger partial charge in [-0.2, -0.15) is 5.10 Å². The predicted octanol–water partition coefficient (Wildman–Crippen LogP) is 3.00. The molecule has 0 aliphatic heterocycles. The van der Waals surface area contributed by atoms with Crippen LogP contribution in [0.1, 0.15) is 23.2 Å². The lowest BCUT2D eigenvalue weighted by atomic mass is 10.1. The van der Waals surface area contributed by atoms with Crippen molar-refractivity contribution < 1.29 is 9.72 Å². The number of aromatic nitrogens is 3. The van der Waals surface area contributed by atoms with E-state index in [2.05, 4.69) is 20.7 Å². The summed E-state index contributed by atoms with van der Waals surface area (Å²) in [6.07, 6.45) is 5.02. The summed E-state index contributed by atoms with van der Waals surface area (Å²) in [5.74, 6) is -0.412. The highest BCUT2D eigenvalue weighted by Crippen LogP contribution is 2.31. The minimum absolute atomic E-state index is 0.101. The molecule has 3 aromatic rings. The Bertz CT molecular complexity index is 981. The second kappa shape index (κ2) is 6.87. The molecule has 4 rings (SSSR count). The molecule has 136 valence electrons. The molecule has 9 nitrogen and oxygen atoms in total. The first-order valence-electron chi connectivity index (χ1n) is 8.41. The van der Waals surface area contributed by atoms with Gasteiger partial charge >= 0.3 is 0 Å². The van der Waals surface area contributed by atoms with E-state index in [1.165, 1.54) is 12.4 Å². The van der Waals surface area contributed by atoms with E-state index >= 15 is 0 Å². The SMILES string of the molecule is O=C(Nc1ccc(-n2cncn2)cc1)c1ccc(NC2CC2)c([N+](=O)[O-])c1. The summed E-state index contributed by atoms with van der Waals surface area (Å²) in [5.41, 5.74) is 1.94. The molecule has 1 heterocycles. The van der Waals surface area contributed by atoms with Crippen molar-refractivity contribution in [2.75, 3.05) is 10.6 Å². The molecule has 1 amide bonds. The van der Waals surface area contributed by atoms with Gasteiger partial charge in [-0.3, -0.25) is 14.9 Å². The monoisotopic (exact) mass is 364 g/mol. The molecule has 1 aliphatic rings. The fraction of sp³-hybridized carbons (Fsp3) is 0.167. The highest BCUT2D eigenvalue weighted by molar-refractivity contribution is 6.05. The van der Waals surface area contributed by atoms with Gasteiger partial charge in [0.25, 0.3) is 11.6 Å². The predicted molar refractivity (Wildman–Crippen MR) is 99.1 cm³/mol. The highest BCUT2D eigenvalue weighted by Gasteiger charge is 2.25.